The fraction of sp³-hybridized carbons (Fsp3) is 0.784. The van der Waals surface area contributed by atoms with E-state index in [4.69, 9.17) is 61.6 Å². The Morgan fingerprint density at radius 3 is 1.00 bits per heavy atom. The highest BCUT2D eigenvalue weighted by Crippen LogP contribution is 2.06. The van der Waals surface area contributed by atoms with E-state index in [0.717, 1.165) is 5.56 Å². The van der Waals surface area contributed by atoms with Gasteiger partial charge in [0.05, 0.1) is 145 Å². The Labute approximate surface area is 321 Å². The number of amides is 2. The van der Waals surface area contributed by atoms with Gasteiger partial charge in [-0.25, -0.2) is 9.59 Å². The van der Waals surface area contributed by atoms with Crippen molar-refractivity contribution in [1.29, 1.82) is 0 Å². The minimum absolute atomic E-state index is 0.233. The molecular weight excluding hydrogens is 712 g/mol. The molecule has 0 heterocycles. The van der Waals surface area contributed by atoms with E-state index in [-0.39, 0.29) is 6.61 Å². The third kappa shape index (κ3) is 37.6. The molecule has 17 heteroatoms. The predicted octanol–water partition coefficient (Wildman–Crippen LogP) is 2.62. The van der Waals surface area contributed by atoms with Crippen LogP contribution in [0, 0.1) is 0 Å². The Hall–Kier alpha value is -2.68. The maximum absolute atomic E-state index is 11.7. The lowest BCUT2D eigenvalue weighted by Gasteiger charge is -2.19. The van der Waals surface area contributed by atoms with Gasteiger partial charge in [-0.15, -0.1) is 0 Å². The Balaban J connectivity index is 1.64. The third-order valence-electron chi connectivity index (χ3n) is 6.36. The molecule has 0 fully saturated rings. The highest BCUT2D eigenvalue weighted by molar-refractivity contribution is 5.67. The second-order valence-electron chi connectivity index (χ2n) is 12.2. The number of alkyl carbamates (subject to hydrolysis) is 2. The summed E-state index contributed by atoms with van der Waals surface area (Å²) in [4.78, 5) is 23.2. The van der Waals surface area contributed by atoms with Crippen LogP contribution in [0.5, 0.6) is 0 Å². The molecular formula is C37H66N2O15. The number of carbonyl (C=O) groups excluding carboxylic acids is 2. The van der Waals surface area contributed by atoms with Gasteiger partial charge in [0.2, 0.25) is 0 Å². The molecule has 2 N–H and O–H groups in total. The molecule has 0 aliphatic carbocycles. The quantitative estimate of drug-likeness (QED) is 0.0936. The standard InChI is InChI=1S/C37H66N2O15/c1-37(2,3)54-36(41)39-10-12-43-14-16-45-18-20-47-22-24-49-26-28-51-30-32-52-31-29-50-27-25-48-23-21-46-19-17-44-15-13-42-11-9-38-35(40)53-33-34-7-5-4-6-8-34/h4-8H,9-33H2,1-3H3,(H,38,40)(H,39,41). The molecule has 17 nitrogen and oxygen atoms in total. The summed E-state index contributed by atoms with van der Waals surface area (Å²) in [6.45, 7) is 16.5. The molecule has 0 saturated heterocycles. The van der Waals surface area contributed by atoms with E-state index in [1.165, 1.54) is 0 Å². The lowest BCUT2D eigenvalue weighted by Crippen LogP contribution is -2.34. The zero-order valence-corrected chi connectivity index (χ0v) is 32.7. The molecule has 0 unspecified atom stereocenters. The second-order valence-corrected chi connectivity index (χ2v) is 12.2. The molecule has 2 amide bonds. The molecule has 54 heavy (non-hydrogen) atoms. The first kappa shape index (κ1) is 49.3. The van der Waals surface area contributed by atoms with Crippen LogP contribution < -0.4 is 10.6 Å². The molecule has 0 spiro atoms. The minimum atomic E-state index is -0.517. The molecule has 0 radical (unpaired) electrons. The summed E-state index contributed by atoms with van der Waals surface area (Å²) in [5.41, 5.74) is 0.417. The molecule has 0 saturated carbocycles. The van der Waals surface area contributed by atoms with Crippen LogP contribution in [0.1, 0.15) is 26.3 Å². The maximum atomic E-state index is 11.7. The van der Waals surface area contributed by atoms with Gasteiger partial charge in [-0.05, 0) is 26.3 Å². The first-order valence-corrected chi connectivity index (χ1v) is 18.6. The summed E-state index contributed by atoms with van der Waals surface area (Å²) in [7, 11) is 0. The normalized spacial score (nSPS) is 11.5. The van der Waals surface area contributed by atoms with Crippen LogP contribution in [-0.4, -0.2) is 176 Å². The van der Waals surface area contributed by atoms with Crippen LogP contribution in [0.25, 0.3) is 0 Å². The average Bonchev–Trinajstić information content (AvgIpc) is 3.15. The molecule has 314 valence electrons. The Bertz CT molecular complexity index is 973. The van der Waals surface area contributed by atoms with Crippen LogP contribution in [0.3, 0.4) is 0 Å². The molecule has 0 aliphatic rings. The maximum Gasteiger partial charge on any atom is 0.407 e. The highest BCUT2D eigenvalue weighted by Gasteiger charge is 2.15. The molecule has 0 aliphatic heterocycles. The zero-order chi connectivity index (χ0) is 39.1. The lowest BCUT2D eigenvalue weighted by atomic mass is 10.2. The second kappa shape index (κ2) is 37.3. The van der Waals surface area contributed by atoms with Crippen molar-refractivity contribution in [3.05, 3.63) is 35.9 Å². The summed E-state index contributed by atoms with van der Waals surface area (Å²) in [6.07, 6.45) is -0.930. The minimum Gasteiger partial charge on any atom is -0.445 e. The van der Waals surface area contributed by atoms with Crippen LogP contribution in [0.2, 0.25) is 0 Å². The van der Waals surface area contributed by atoms with Crippen LogP contribution >= 0.6 is 0 Å². The molecule has 0 bridgehead atoms. The van der Waals surface area contributed by atoms with Crippen molar-refractivity contribution in [2.75, 3.05) is 158 Å². The van der Waals surface area contributed by atoms with E-state index in [1.807, 2.05) is 51.1 Å². The summed E-state index contributed by atoms with van der Waals surface area (Å²) < 4.78 is 70.3. The van der Waals surface area contributed by atoms with E-state index in [9.17, 15) is 9.59 Å². The van der Waals surface area contributed by atoms with E-state index < -0.39 is 17.8 Å². The van der Waals surface area contributed by atoms with Gasteiger partial charge < -0.3 is 72.2 Å². The van der Waals surface area contributed by atoms with E-state index in [1.54, 1.807) is 0 Å². The van der Waals surface area contributed by atoms with E-state index in [2.05, 4.69) is 10.6 Å². The van der Waals surface area contributed by atoms with Crippen molar-refractivity contribution in [3.63, 3.8) is 0 Å². The fourth-order valence-corrected chi connectivity index (χ4v) is 3.84. The van der Waals surface area contributed by atoms with Crippen LogP contribution in [-0.2, 0) is 68.2 Å². The number of benzene rings is 1. The summed E-state index contributed by atoms with van der Waals surface area (Å²) in [5, 5.41) is 5.27. The zero-order valence-electron chi connectivity index (χ0n) is 32.7. The lowest BCUT2D eigenvalue weighted by molar-refractivity contribution is -0.0274. The largest absolute Gasteiger partial charge is 0.445 e. The van der Waals surface area contributed by atoms with Gasteiger partial charge in [0.1, 0.15) is 12.2 Å². The predicted molar refractivity (Wildman–Crippen MR) is 198 cm³/mol. The van der Waals surface area contributed by atoms with Gasteiger partial charge in [-0.2, -0.15) is 0 Å². The Kier molecular flexibility index (Phi) is 34.0. The number of carbonyl (C=O) groups is 2. The van der Waals surface area contributed by atoms with Gasteiger partial charge in [0, 0.05) is 13.1 Å². The van der Waals surface area contributed by atoms with Gasteiger partial charge in [0.25, 0.3) is 0 Å². The highest BCUT2D eigenvalue weighted by atomic mass is 16.6. The smallest absolute Gasteiger partial charge is 0.407 e. The van der Waals surface area contributed by atoms with Crippen molar-refractivity contribution in [2.45, 2.75) is 33.0 Å². The molecule has 0 atom stereocenters. The topological polar surface area (TPSA) is 178 Å². The monoisotopic (exact) mass is 778 g/mol. The average molecular weight is 779 g/mol. The summed E-state index contributed by atoms with van der Waals surface area (Å²) in [5.74, 6) is 0. The van der Waals surface area contributed by atoms with E-state index in [0.29, 0.717) is 158 Å². The fourth-order valence-electron chi connectivity index (χ4n) is 3.84. The number of hydrogen-bond donors (Lipinski definition) is 2. The van der Waals surface area contributed by atoms with Crippen molar-refractivity contribution in [1.82, 2.24) is 10.6 Å². The molecule has 1 aromatic carbocycles. The van der Waals surface area contributed by atoms with Gasteiger partial charge in [-0.3, -0.25) is 0 Å². The number of rotatable bonds is 38. The summed E-state index contributed by atoms with van der Waals surface area (Å²) in [6, 6.07) is 9.49. The molecule has 0 aromatic heterocycles. The Morgan fingerprint density at radius 2 is 0.704 bits per heavy atom. The SMILES string of the molecule is CC(C)(C)OC(=O)NCCOCCOCCOCCOCCOCCOCCOCCOCCOCCOCCOCCNC(=O)OCc1ccccc1. The third-order valence-corrected chi connectivity index (χ3v) is 6.36. The number of ether oxygens (including phenoxy) is 13. The van der Waals surface area contributed by atoms with Crippen LogP contribution in [0.15, 0.2) is 30.3 Å². The van der Waals surface area contributed by atoms with Gasteiger partial charge >= 0.3 is 12.2 Å². The van der Waals surface area contributed by atoms with Crippen LogP contribution in [0.4, 0.5) is 9.59 Å². The first-order chi connectivity index (χ1) is 26.4. The summed E-state index contributed by atoms with van der Waals surface area (Å²) >= 11 is 0. The molecule has 1 rings (SSSR count). The van der Waals surface area contributed by atoms with Crippen molar-refractivity contribution >= 4 is 12.2 Å². The van der Waals surface area contributed by atoms with Crippen molar-refractivity contribution < 1.29 is 71.2 Å². The molecule has 1 aromatic rings. The van der Waals surface area contributed by atoms with E-state index >= 15 is 0 Å². The Morgan fingerprint density at radius 1 is 0.426 bits per heavy atom. The van der Waals surface area contributed by atoms with Gasteiger partial charge in [0.15, 0.2) is 0 Å². The van der Waals surface area contributed by atoms with Crippen molar-refractivity contribution in [2.24, 2.45) is 0 Å². The number of hydrogen-bond acceptors (Lipinski definition) is 15. The van der Waals surface area contributed by atoms with Gasteiger partial charge in [-0.1, -0.05) is 30.3 Å². The van der Waals surface area contributed by atoms with Crippen molar-refractivity contribution in [3.8, 4) is 0 Å². The number of nitrogens with one attached hydrogen (secondary N) is 2. The first-order valence-electron chi connectivity index (χ1n) is 18.6.